The molecule has 0 bridgehead atoms. The molecule has 4 aromatic rings. The molecule has 7 nitrogen and oxygen atoms in total. The maximum Gasteiger partial charge on any atom is 0.338 e. The van der Waals surface area contributed by atoms with Crippen LogP contribution in [0.25, 0.3) is 6.08 Å². The number of allylic oxidation sites excluding steroid dienone is 1. The number of carbonyl (C=O) groups is 1. The van der Waals surface area contributed by atoms with Crippen LogP contribution in [-0.2, 0) is 16.1 Å². The third kappa shape index (κ3) is 6.81. The first-order valence-electron chi connectivity index (χ1n) is 14.0. The van der Waals surface area contributed by atoms with Crippen LogP contribution in [0, 0.1) is 0 Å². The van der Waals surface area contributed by atoms with Gasteiger partial charge in [0.25, 0.3) is 5.56 Å². The number of ether oxygens (including phenoxy) is 3. The summed E-state index contributed by atoms with van der Waals surface area (Å²) in [6.45, 7) is 4.26. The van der Waals surface area contributed by atoms with Gasteiger partial charge in [0.15, 0.2) is 4.80 Å². The van der Waals surface area contributed by atoms with E-state index in [1.807, 2.05) is 61.5 Å². The number of aromatic nitrogens is 1. The summed E-state index contributed by atoms with van der Waals surface area (Å²) < 4.78 is 19.9. The normalized spacial score (nSPS) is 14.7. The van der Waals surface area contributed by atoms with Crippen LogP contribution in [0.4, 0.5) is 0 Å². The van der Waals surface area contributed by atoms with E-state index in [9.17, 15) is 9.59 Å². The molecule has 0 saturated heterocycles. The van der Waals surface area contributed by atoms with E-state index in [1.165, 1.54) is 11.3 Å². The highest BCUT2D eigenvalue weighted by molar-refractivity contribution is 9.10. The van der Waals surface area contributed by atoms with Crippen molar-refractivity contribution in [1.29, 1.82) is 0 Å². The fourth-order valence-electron chi connectivity index (χ4n) is 4.95. The highest BCUT2D eigenvalue weighted by atomic mass is 79.9. The molecule has 0 spiro atoms. The van der Waals surface area contributed by atoms with Gasteiger partial charge in [-0.25, -0.2) is 9.79 Å². The molecule has 11 heteroatoms. The molecule has 228 valence electrons. The first kappa shape index (κ1) is 32.0. The summed E-state index contributed by atoms with van der Waals surface area (Å²) in [6.07, 6.45) is 3.12. The average Bonchev–Trinajstić information content (AvgIpc) is 3.31. The monoisotopic (exact) mass is 714 g/mol. The van der Waals surface area contributed by atoms with Gasteiger partial charge < -0.3 is 14.2 Å². The zero-order valence-electron chi connectivity index (χ0n) is 24.2. The fraction of sp³-hybridized carbons (Fsp3) is 0.242. The van der Waals surface area contributed by atoms with Crippen molar-refractivity contribution in [3.05, 3.63) is 123 Å². The van der Waals surface area contributed by atoms with E-state index in [0.717, 1.165) is 22.0 Å². The Labute approximate surface area is 277 Å². The molecule has 3 aromatic carbocycles. The van der Waals surface area contributed by atoms with Gasteiger partial charge >= 0.3 is 5.97 Å². The summed E-state index contributed by atoms with van der Waals surface area (Å²) in [6, 6.07) is 17.4. The zero-order valence-corrected chi connectivity index (χ0v) is 28.1. The summed E-state index contributed by atoms with van der Waals surface area (Å²) in [7, 11) is 1.56. The highest BCUT2D eigenvalue weighted by Gasteiger charge is 2.36. The number of benzene rings is 3. The molecule has 0 unspecified atom stereocenters. The van der Waals surface area contributed by atoms with Crippen LogP contribution >= 0.6 is 50.5 Å². The molecule has 0 aliphatic carbocycles. The van der Waals surface area contributed by atoms with Gasteiger partial charge in [-0.1, -0.05) is 82.0 Å². The second-order valence-corrected chi connectivity index (χ2v) is 12.7. The summed E-state index contributed by atoms with van der Waals surface area (Å²) in [4.78, 5) is 32.8. The summed E-state index contributed by atoms with van der Waals surface area (Å²) >= 11 is 17.1. The first-order chi connectivity index (χ1) is 21.2. The van der Waals surface area contributed by atoms with Gasteiger partial charge in [0.1, 0.15) is 24.1 Å². The molecule has 44 heavy (non-hydrogen) atoms. The average molecular weight is 716 g/mol. The van der Waals surface area contributed by atoms with Gasteiger partial charge in [0.05, 0.1) is 29.5 Å². The Morgan fingerprint density at radius 3 is 2.55 bits per heavy atom. The lowest BCUT2D eigenvalue weighted by Crippen LogP contribution is -2.40. The molecule has 1 aliphatic heterocycles. The van der Waals surface area contributed by atoms with Gasteiger partial charge in [0.2, 0.25) is 0 Å². The van der Waals surface area contributed by atoms with Crippen molar-refractivity contribution in [1.82, 2.24) is 4.57 Å². The van der Waals surface area contributed by atoms with E-state index in [4.69, 9.17) is 42.4 Å². The molecular formula is C33H29BrCl2N2O5S. The number of rotatable bonds is 10. The van der Waals surface area contributed by atoms with Crippen molar-refractivity contribution in [2.75, 3.05) is 13.7 Å². The minimum atomic E-state index is -0.781. The molecule has 0 N–H and O–H groups in total. The Bertz CT molecular complexity index is 1920. The van der Waals surface area contributed by atoms with Crippen molar-refractivity contribution in [3.8, 4) is 11.5 Å². The predicted octanol–water partition coefficient (Wildman–Crippen LogP) is 7.24. The maximum atomic E-state index is 14.1. The van der Waals surface area contributed by atoms with Crippen LogP contribution < -0.4 is 24.4 Å². The molecule has 0 fully saturated rings. The largest absolute Gasteiger partial charge is 0.496 e. The van der Waals surface area contributed by atoms with Crippen molar-refractivity contribution >= 4 is 62.5 Å². The van der Waals surface area contributed by atoms with E-state index < -0.39 is 12.0 Å². The Morgan fingerprint density at radius 1 is 1.09 bits per heavy atom. The molecule has 5 rings (SSSR count). The Balaban J connectivity index is 1.56. The Hall–Kier alpha value is -3.37. The second kappa shape index (κ2) is 14.2. The lowest BCUT2D eigenvalue weighted by atomic mass is 9.93. The second-order valence-electron chi connectivity index (χ2n) is 9.89. The van der Waals surface area contributed by atoms with E-state index in [0.29, 0.717) is 54.1 Å². The Kier molecular flexibility index (Phi) is 10.3. The number of thiazole rings is 1. The summed E-state index contributed by atoms with van der Waals surface area (Å²) in [5, 5.41) is 1.10. The van der Waals surface area contributed by atoms with Gasteiger partial charge in [-0.3, -0.25) is 9.36 Å². The van der Waals surface area contributed by atoms with E-state index in [1.54, 1.807) is 30.7 Å². The number of carbonyl (C=O) groups excluding carboxylic acids is 1. The van der Waals surface area contributed by atoms with Crippen molar-refractivity contribution < 1.29 is 19.0 Å². The predicted molar refractivity (Wildman–Crippen MR) is 178 cm³/mol. The molecule has 0 saturated carbocycles. The smallest absolute Gasteiger partial charge is 0.338 e. The fourth-order valence-corrected chi connectivity index (χ4v) is 6.81. The van der Waals surface area contributed by atoms with Gasteiger partial charge in [-0.15, -0.1) is 0 Å². The zero-order chi connectivity index (χ0) is 31.4. The van der Waals surface area contributed by atoms with E-state index in [2.05, 4.69) is 15.9 Å². The number of fused-ring (bicyclic) bond motifs is 1. The third-order valence-corrected chi connectivity index (χ3v) is 9.03. The number of methoxy groups -OCH3 is 1. The highest BCUT2D eigenvalue weighted by Crippen LogP contribution is 2.38. The van der Waals surface area contributed by atoms with Gasteiger partial charge in [-0.2, -0.15) is 0 Å². The number of hydrogen-bond acceptors (Lipinski definition) is 7. The molecule has 1 aliphatic rings. The maximum absolute atomic E-state index is 14.1. The number of esters is 1. The van der Waals surface area contributed by atoms with Crippen LogP contribution in [0.1, 0.15) is 49.4 Å². The number of hydrogen-bond donors (Lipinski definition) is 0. The molecular weight excluding hydrogens is 687 g/mol. The molecule has 0 radical (unpaired) electrons. The lowest BCUT2D eigenvalue weighted by Gasteiger charge is -2.27. The quantitative estimate of drug-likeness (QED) is 0.162. The van der Waals surface area contributed by atoms with Gasteiger partial charge in [-0.05, 0) is 67.4 Å². The molecule has 2 heterocycles. The summed E-state index contributed by atoms with van der Waals surface area (Å²) in [5.74, 6) is 0.693. The van der Waals surface area contributed by atoms with E-state index >= 15 is 0 Å². The molecule has 0 amide bonds. The molecule has 1 aromatic heterocycles. The van der Waals surface area contributed by atoms with Crippen LogP contribution in [0.15, 0.2) is 86.2 Å². The Morgan fingerprint density at radius 2 is 1.86 bits per heavy atom. The third-order valence-electron chi connectivity index (χ3n) is 6.97. The van der Waals surface area contributed by atoms with E-state index in [-0.39, 0.29) is 18.8 Å². The minimum Gasteiger partial charge on any atom is -0.496 e. The van der Waals surface area contributed by atoms with Crippen LogP contribution in [0.3, 0.4) is 0 Å². The first-order valence-corrected chi connectivity index (χ1v) is 16.3. The topological polar surface area (TPSA) is 79.1 Å². The number of halogens is 3. The minimum absolute atomic E-state index is 0.195. The van der Waals surface area contributed by atoms with Crippen molar-refractivity contribution in [2.24, 2.45) is 4.99 Å². The van der Waals surface area contributed by atoms with Crippen molar-refractivity contribution in [2.45, 2.75) is 39.3 Å². The SMILES string of the molecule is CCCC1=C(C(=O)OCC)[C@@H](c2cc(Br)ccc2OC)n2c(s/c(=C/c3ccc(OCc4ccc(Cl)cc4Cl)cc3)c2=O)=N1. The molecule has 1 atom stereocenters. The van der Waals surface area contributed by atoms with Crippen LogP contribution in [-0.4, -0.2) is 24.3 Å². The standard InChI is InChI=1S/C33H29BrCl2N2O5S/c1-4-6-26-29(32(40)42-5-2)30(24-16-21(34)10-14-27(24)41-3)38-31(39)28(44-33(38)37-26)15-19-7-12-23(13-8-19)43-18-20-9-11-22(35)17-25(20)36/h7-17,30H,4-6,18H2,1-3H3/b28-15+/t30-/m1/s1. The number of nitrogens with zero attached hydrogens (tertiary/aromatic N) is 2. The van der Waals surface area contributed by atoms with Gasteiger partial charge in [0, 0.05) is 25.6 Å². The van der Waals surface area contributed by atoms with Crippen molar-refractivity contribution in [3.63, 3.8) is 0 Å². The van der Waals surface area contributed by atoms with Crippen LogP contribution in [0.5, 0.6) is 11.5 Å². The van der Waals surface area contributed by atoms with Crippen LogP contribution in [0.2, 0.25) is 10.0 Å². The summed E-state index contributed by atoms with van der Waals surface area (Å²) in [5.41, 5.74) is 2.96. The lowest BCUT2D eigenvalue weighted by molar-refractivity contribution is -0.139.